The molecule has 1 atom stereocenters. The number of aromatic nitrogens is 1. The molecule has 24 heavy (non-hydrogen) atoms. The van der Waals surface area contributed by atoms with Crippen molar-refractivity contribution in [3.05, 3.63) is 35.8 Å². The first-order valence-corrected chi connectivity index (χ1v) is 7.75. The molecule has 2 aromatic rings. The molecule has 0 bridgehead atoms. The first-order valence-electron chi connectivity index (χ1n) is 7.75. The summed E-state index contributed by atoms with van der Waals surface area (Å²) in [5.74, 6) is -2.01. The molecule has 1 aromatic heterocycles. The molecule has 5 nitrogen and oxygen atoms in total. The molecule has 0 radical (unpaired) electrons. The average molecular weight is 335 g/mol. The molecule has 2 rings (SSSR count). The van der Waals surface area contributed by atoms with Crippen LogP contribution in [0.25, 0.3) is 10.9 Å². The summed E-state index contributed by atoms with van der Waals surface area (Å²) in [4.78, 5) is 27.1. The number of hydrogen-bond acceptors (Lipinski definition) is 4. The summed E-state index contributed by atoms with van der Waals surface area (Å²) in [5, 5.41) is 0.688. The van der Waals surface area contributed by atoms with Crippen molar-refractivity contribution in [2.24, 2.45) is 5.92 Å². The van der Waals surface area contributed by atoms with E-state index in [4.69, 9.17) is 9.47 Å². The molecule has 0 spiro atoms. The Bertz CT molecular complexity index is 745. The van der Waals surface area contributed by atoms with Gasteiger partial charge in [-0.3, -0.25) is 9.59 Å². The lowest BCUT2D eigenvalue weighted by Gasteiger charge is -2.21. The van der Waals surface area contributed by atoms with E-state index in [9.17, 15) is 14.0 Å². The fraction of sp³-hybridized carbons (Fsp3) is 0.444. The largest absolute Gasteiger partial charge is 0.469 e. The van der Waals surface area contributed by atoms with Gasteiger partial charge < -0.3 is 14.5 Å². The number of rotatable bonds is 5. The number of H-pyrrole nitrogens is 1. The third kappa shape index (κ3) is 4.57. The second kappa shape index (κ2) is 7.03. The molecule has 0 fully saturated rings. The van der Waals surface area contributed by atoms with Crippen molar-refractivity contribution in [2.45, 2.75) is 39.2 Å². The number of hydrogen-bond donors (Lipinski definition) is 1. The van der Waals surface area contributed by atoms with E-state index in [1.165, 1.54) is 19.2 Å². The highest BCUT2D eigenvalue weighted by Crippen LogP contribution is 2.24. The van der Waals surface area contributed by atoms with Gasteiger partial charge in [-0.05, 0) is 51.0 Å². The van der Waals surface area contributed by atoms with Crippen molar-refractivity contribution in [1.29, 1.82) is 0 Å². The minimum atomic E-state index is -0.688. The van der Waals surface area contributed by atoms with E-state index in [-0.39, 0.29) is 18.7 Å². The average Bonchev–Trinajstić information content (AvgIpc) is 2.86. The van der Waals surface area contributed by atoms with Gasteiger partial charge in [-0.1, -0.05) is 0 Å². The normalized spacial score (nSPS) is 12.9. The first-order chi connectivity index (χ1) is 11.2. The van der Waals surface area contributed by atoms with Crippen LogP contribution in [0.2, 0.25) is 0 Å². The van der Waals surface area contributed by atoms with Crippen molar-refractivity contribution < 1.29 is 23.5 Å². The molecule has 0 amide bonds. The minimum absolute atomic E-state index is 0.0913. The zero-order chi connectivity index (χ0) is 17.9. The Hall–Kier alpha value is -2.37. The van der Waals surface area contributed by atoms with Gasteiger partial charge in [0.25, 0.3) is 0 Å². The molecular weight excluding hydrogens is 313 g/mol. The SMILES string of the molecule is COC(=O)[C@@H](CC(=O)OC(C)(C)C)Cc1c[nH]c2ccc(F)cc12. The zero-order valence-electron chi connectivity index (χ0n) is 14.3. The predicted molar refractivity (Wildman–Crippen MR) is 87.9 cm³/mol. The molecule has 6 heteroatoms. The highest BCUT2D eigenvalue weighted by Gasteiger charge is 2.27. The lowest BCUT2D eigenvalue weighted by atomic mass is 9.95. The number of carbonyl (C=O) groups excluding carboxylic acids is 2. The number of benzene rings is 1. The van der Waals surface area contributed by atoms with Gasteiger partial charge in [0.1, 0.15) is 11.4 Å². The summed E-state index contributed by atoms with van der Waals surface area (Å²) in [5.41, 5.74) is 0.900. The smallest absolute Gasteiger partial charge is 0.309 e. The molecule has 0 aliphatic carbocycles. The molecular formula is C18H22FNO4. The van der Waals surface area contributed by atoms with Crippen LogP contribution in [0.5, 0.6) is 0 Å². The van der Waals surface area contributed by atoms with Gasteiger partial charge in [0.2, 0.25) is 0 Å². The van der Waals surface area contributed by atoms with E-state index < -0.39 is 23.5 Å². The maximum Gasteiger partial charge on any atom is 0.309 e. The third-order valence-corrected chi connectivity index (χ3v) is 3.56. The van der Waals surface area contributed by atoms with Crippen molar-refractivity contribution in [3.63, 3.8) is 0 Å². The number of halogens is 1. The topological polar surface area (TPSA) is 68.4 Å². The fourth-order valence-corrected chi connectivity index (χ4v) is 2.57. The molecule has 0 saturated heterocycles. The number of nitrogens with one attached hydrogen (secondary N) is 1. The summed E-state index contributed by atoms with van der Waals surface area (Å²) in [6, 6.07) is 4.40. The van der Waals surface area contributed by atoms with Crippen molar-refractivity contribution in [3.8, 4) is 0 Å². The van der Waals surface area contributed by atoms with Crippen molar-refractivity contribution in [2.75, 3.05) is 7.11 Å². The van der Waals surface area contributed by atoms with Crippen LogP contribution >= 0.6 is 0 Å². The number of fused-ring (bicyclic) bond motifs is 1. The fourth-order valence-electron chi connectivity index (χ4n) is 2.57. The monoisotopic (exact) mass is 335 g/mol. The number of carbonyl (C=O) groups is 2. The number of aromatic amines is 1. The summed E-state index contributed by atoms with van der Waals surface area (Å²) < 4.78 is 23.5. The maximum atomic E-state index is 13.5. The first kappa shape index (κ1) is 18.0. The van der Waals surface area contributed by atoms with Crippen LogP contribution in [0, 0.1) is 11.7 Å². The van der Waals surface area contributed by atoms with Gasteiger partial charge in [0, 0.05) is 17.1 Å². The van der Waals surface area contributed by atoms with Gasteiger partial charge in [0.05, 0.1) is 19.4 Å². The number of esters is 2. The van der Waals surface area contributed by atoms with E-state index in [1.807, 2.05) is 0 Å². The predicted octanol–water partition coefficient (Wildman–Crippen LogP) is 3.37. The molecule has 1 heterocycles. The second-order valence-corrected chi connectivity index (χ2v) is 6.72. The van der Waals surface area contributed by atoms with Crippen LogP contribution in [-0.4, -0.2) is 29.6 Å². The standard InChI is InChI=1S/C18H22FNO4/c1-18(2,3)24-16(21)8-11(17(22)23-4)7-12-10-20-15-6-5-13(19)9-14(12)15/h5-6,9-11,20H,7-8H2,1-4H3/t11-/m1/s1. The molecule has 0 unspecified atom stereocenters. The maximum absolute atomic E-state index is 13.5. The Kier molecular flexibility index (Phi) is 5.26. The van der Waals surface area contributed by atoms with Crippen LogP contribution in [0.1, 0.15) is 32.8 Å². The van der Waals surface area contributed by atoms with E-state index in [1.54, 1.807) is 33.0 Å². The van der Waals surface area contributed by atoms with E-state index in [0.717, 1.165) is 11.1 Å². The Morgan fingerprint density at radius 2 is 2.00 bits per heavy atom. The summed E-state index contributed by atoms with van der Waals surface area (Å²) >= 11 is 0. The van der Waals surface area contributed by atoms with Crippen LogP contribution in [-0.2, 0) is 25.5 Å². The highest BCUT2D eigenvalue weighted by molar-refractivity contribution is 5.85. The van der Waals surface area contributed by atoms with Gasteiger partial charge >= 0.3 is 11.9 Å². The van der Waals surface area contributed by atoms with Gasteiger partial charge in [-0.15, -0.1) is 0 Å². The Morgan fingerprint density at radius 3 is 2.62 bits per heavy atom. The highest BCUT2D eigenvalue weighted by atomic mass is 19.1. The van der Waals surface area contributed by atoms with Crippen LogP contribution < -0.4 is 0 Å². The number of ether oxygens (including phenoxy) is 2. The quantitative estimate of drug-likeness (QED) is 0.851. The molecule has 1 N–H and O–H groups in total. The number of methoxy groups -OCH3 is 1. The minimum Gasteiger partial charge on any atom is -0.469 e. The summed E-state index contributed by atoms with van der Waals surface area (Å²) in [6.07, 6.45) is 1.89. The van der Waals surface area contributed by atoms with Gasteiger partial charge in [-0.25, -0.2) is 4.39 Å². The second-order valence-electron chi connectivity index (χ2n) is 6.72. The molecule has 0 aliphatic heterocycles. The van der Waals surface area contributed by atoms with Crippen LogP contribution in [0.3, 0.4) is 0 Å². The lowest BCUT2D eigenvalue weighted by molar-refractivity contribution is -0.160. The van der Waals surface area contributed by atoms with E-state index >= 15 is 0 Å². The van der Waals surface area contributed by atoms with Crippen molar-refractivity contribution in [1.82, 2.24) is 4.98 Å². The zero-order valence-corrected chi connectivity index (χ0v) is 14.3. The van der Waals surface area contributed by atoms with Crippen molar-refractivity contribution >= 4 is 22.8 Å². The van der Waals surface area contributed by atoms with Gasteiger partial charge in [0.15, 0.2) is 0 Å². The van der Waals surface area contributed by atoms with Crippen LogP contribution in [0.15, 0.2) is 24.4 Å². The van der Waals surface area contributed by atoms with Crippen LogP contribution in [0.4, 0.5) is 4.39 Å². The van der Waals surface area contributed by atoms with E-state index in [2.05, 4.69) is 4.98 Å². The Labute approximate surface area is 140 Å². The summed E-state index contributed by atoms with van der Waals surface area (Å²) in [6.45, 7) is 5.29. The molecule has 1 aromatic carbocycles. The Morgan fingerprint density at radius 1 is 1.29 bits per heavy atom. The molecule has 0 saturated carbocycles. The summed E-state index contributed by atoms with van der Waals surface area (Å²) in [7, 11) is 1.28. The lowest BCUT2D eigenvalue weighted by Crippen LogP contribution is -2.28. The third-order valence-electron chi connectivity index (χ3n) is 3.56. The Balaban J connectivity index is 2.20. The molecule has 130 valence electrons. The molecule has 0 aliphatic rings. The van der Waals surface area contributed by atoms with Gasteiger partial charge in [-0.2, -0.15) is 0 Å². The van der Waals surface area contributed by atoms with E-state index in [0.29, 0.717) is 5.39 Å².